The van der Waals surface area contributed by atoms with Crippen molar-refractivity contribution >= 4 is 51.2 Å². The molecule has 6 rings (SSSR count). The van der Waals surface area contributed by atoms with Crippen LogP contribution < -0.4 is 26.8 Å². The van der Waals surface area contributed by atoms with E-state index in [1.807, 2.05) is 44.2 Å². The molecule has 1 aliphatic rings. The number of hydrogen-bond donors (Lipinski definition) is 5. The fraction of sp³-hybridized carbons (Fsp3) is 0.303. The summed E-state index contributed by atoms with van der Waals surface area (Å²) in [6.07, 6.45) is 8.83. The first-order valence-corrected chi connectivity index (χ1v) is 15.0. The molecule has 0 saturated heterocycles. The molecule has 0 spiro atoms. The number of aryl methyl sites for hydroxylation is 1. The molecule has 3 aromatic carbocycles. The molecule has 7 N–H and O–H groups in total. The first kappa shape index (κ1) is 28.9. The number of fused-ring (bicyclic) bond motifs is 2. The fourth-order valence-electron chi connectivity index (χ4n) is 6.06. The number of carbonyl (C=O) groups excluding carboxylic acids is 2. The van der Waals surface area contributed by atoms with Gasteiger partial charge in [-0.2, -0.15) is 9.97 Å². The van der Waals surface area contributed by atoms with Crippen molar-refractivity contribution in [2.24, 2.45) is 11.5 Å². The molecular weight excluding hydrogens is 556 g/mol. The highest BCUT2D eigenvalue weighted by atomic mass is 16.5. The summed E-state index contributed by atoms with van der Waals surface area (Å²) in [5.41, 5.74) is 15.8. The number of nitrogens with two attached hydrogens (primary N) is 2. The Morgan fingerprint density at radius 3 is 2.59 bits per heavy atom. The number of rotatable bonds is 10. The lowest BCUT2D eigenvalue weighted by Crippen LogP contribution is -2.23. The number of amides is 2. The number of hydrogen-bond acceptors (Lipinski definition) is 8. The molecule has 0 aliphatic heterocycles. The van der Waals surface area contributed by atoms with Crippen LogP contribution in [-0.4, -0.2) is 37.8 Å². The molecule has 0 atom stereocenters. The Hall–Kier alpha value is -5.19. The van der Waals surface area contributed by atoms with Crippen LogP contribution in [0, 0.1) is 6.92 Å². The van der Waals surface area contributed by atoms with E-state index in [2.05, 4.69) is 25.6 Å². The van der Waals surface area contributed by atoms with E-state index in [1.54, 1.807) is 18.5 Å². The Balaban J connectivity index is 1.31. The van der Waals surface area contributed by atoms with Gasteiger partial charge in [-0.25, -0.2) is 4.98 Å². The number of anilines is 3. The summed E-state index contributed by atoms with van der Waals surface area (Å²) in [7, 11) is 0. The summed E-state index contributed by atoms with van der Waals surface area (Å²) in [5.74, 6) is 0.995. The van der Waals surface area contributed by atoms with Crippen LogP contribution in [0.15, 0.2) is 48.8 Å². The van der Waals surface area contributed by atoms with E-state index in [0.29, 0.717) is 51.9 Å². The van der Waals surface area contributed by atoms with Crippen molar-refractivity contribution in [2.75, 3.05) is 10.6 Å². The highest BCUT2D eigenvalue weighted by Gasteiger charge is 2.23. The van der Waals surface area contributed by atoms with Crippen LogP contribution in [0.3, 0.4) is 0 Å². The number of primary amides is 2. The SMILES string of the molecule is CCCc1c(Oc2ccc(Nc3nc(NC4CCCCC4)c4[nH]cnc4n3)c(C)c2)cc2cccc(C(N)=O)c2c1C(N)=O. The largest absolute Gasteiger partial charge is 0.457 e. The topological polar surface area (TPSA) is 174 Å². The number of aromatic nitrogens is 4. The van der Waals surface area contributed by atoms with Gasteiger partial charge in [0.1, 0.15) is 17.0 Å². The minimum atomic E-state index is -0.639. The maximum absolute atomic E-state index is 12.7. The fourth-order valence-corrected chi connectivity index (χ4v) is 6.06. The quantitative estimate of drug-likeness (QED) is 0.127. The van der Waals surface area contributed by atoms with Gasteiger partial charge in [-0.3, -0.25) is 9.59 Å². The standard InChI is InChI=1S/C33H36N8O3/c1-3-8-22-25(16-19-9-7-12-23(29(34)42)26(19)27(22)30(35)43)44-21-13-14-24(18(2)15-21)39-33-40-31-28(36-17-37-31)32(41-33)38-20-10-5-4-6-11-20/h7,9,12-17,20H,3-6,8,10-11H2,1-2H3,(H2,34,42)(H2,35,43)(H3,36,37,38,39,40,41). The lowest BCUT2D eigenvalue weighted by atomic mass is 9.91. The third-order valence-corrected chi connectivity index (χ3v) is 8.15. The van der Waals surface area contributed by atoms with Gasteiger partial charge in [0.15, 0.2) is 11.5 Å². The zero-order valence-electron chi connectivity index (χ0n) is 24.9. The summed E-state index contributed by atoms with van der Waals surface area (Å²) in [6, 6.07) is 13.0. The number of benzene rings is 3. The molecule has 0 bridgehead atoms. The van der Waals surface area contributed by atoms with E-state index in [4.69, 9.17) is 21.2 Å². The highest BCUT2D eigenvalue weighted by molar-refractivity contribution is 6.16. The van der Waals surface area contributed by atoms with Crippen molar-refractivity contribution in [2.45, 2.75) is 64.8 Å². The molecule has 1 fully saturated rings. The Kier molecular flexibility index (Phi) is 8.01. The monoisotopic (exact) mass is 592 g/mol. The van der Waals surface area contributed by atoms with Crippen molar-refractivity contribution in [3.05, 3.63) is 71.0 Å². The number of nitrogens with one attached hydrogen (secondary N) is 3. The lowest BCUT2D eigenvalue weighted by molar-refractivity contribution is 0.0998. The van der Waals surface area contributed by atoms with Gasteiger partial charge in [0.2, 0.25) is 17.8 Å². The highest BCUT2D eigenvalue weighted by Crippen LogP contribution is 2.37. The van der Waals surface area contributed by atoms with Crippen LogP contribution in [0.25, 0.3) is 21.9 Å². The van der Waals surface area contributed by atoms with E-state index in [9.17, 15) is 9.59 Å². The summed E-state index contributed by atoms with van der Waals surface area (Å²) in [4.78, 5) is 41.9. The molecule has 226 valence electrons. The van der Waals surface area contributed by atoms with E-state index < -0.39 is 11.8 Å². The van der Waals surface area contributed by atoms with Crippen LogP contribution in [0.4, 0.5) is 17.5 Å². The van der Waals surface area contributed by atoms with Crippen molar-refractivity contribution in [1.82, 2.24) is 19.9 Å². The van der Waals surface area contributed by atoms with E-state index in [1.165, 1.54) is 19.3 Å². The second kappa shape index (κ2) is 12.2. The lowest BCUT2D eigenvalue weighted by Gasteiger charge is -2.23. The van der Waals surface area contributed by atoms with Crippen molar-refractivity contribution < 1.29 is 14.3 Å². The molecule has 0 unspecified atom stereocenters. The molecule has 1 aliphatic carbocycles. The van der Waals surface area contributed by atoms with Gasteiger partial charge in [0, 0.05) is 28.2 Å². The number of nitrogens with zero attached hydrogens (tertiary/aromatic N) is 3. The Bertz CT molecular complexity index is 1880. The van der Waals surface area contributed by atoms with E-state index in [0.717, 1.165) is 41.8 Å². The molecule has 5 aromatic rings. The van der Waals surface area contributed by atoms with Crippen LogP contribution in [-0.2, 0) is 6.42 Å². The third-order valence-electron chi connectivity index (χ3n) is 8.15. The van der Waals surface area contributed by atoms with Gasteiger partial charge in [-0.05, 0) is 67.5 Å². The minimum absolute atomic E-state index is 0.249. The number of imidazole rings is 1. The van der Waals surface area contributed by atoms with Gasteiger partial charge < -0.3 is 31.8 Å². The maximum Gasteiger partial charge on any atom is 0.249 e. The van der Waals surface area contributed by atoms with Crippen molar-refractivity contribution in [3.8, 4) is 11.5 Å². The van der Waals surface area contributed by atoms with Crippen LogP contribution in [0.2, 0.25) is 0 Å². The average molecular weight is 593 g/mol. The van der Waals surface area contributed by atoms with Crippen LogP contribution >= 0.6 is 0 Å². The van der Waals surface area contributed by atoms with Crippen molar-refractivity contribution in [1.29, 1.82) is 0 Å². The summed E-state index contributed by atoms with van der Waals surface area (Å²) in [6.45, 7) is 3.96. The molecule has 44 heavy (non-hydrogen) atoms. The van der Waals surface area contributed by atoms with Gasteiger partial charge in [-0.1, -0.05) is 44.7 Å². The van der Waals surface area contributed by atoms with Gasteiger partial charge in [0.05, 0.1) is 11.9 Å². The molecule has 2 heterocycles. The normalized spacial score (nSPS) is 13.7. The molecular formula is C33H36N8O3. The molecule has 0 radical (unpaired) electrons. The Morgan fingerprint density at radius 1 is 1.05 bits per heavy atom. The molecule has 11 heteroatoms. The zero-order chi connectivity index (χ0) is 30.8. The number of carbonyl (C=O) groups is 2. The molecule has 1 saturated carbocycles. The minimum Gasteiger partial charge on any atom is -0.457 e. The van der Waals surface area contributed by atoms with Gasteiger partial charge in [0.25, 0.3) is 0 Å². The summed E-state index contributed by atoms with van der Waals surface area (Å²) < 4.78 is 6.39. The second-order valence-corrected chi connectivity index (χ2v) is 11.3. The molecule has 2 aromatic heterocycles. The van der Waals surface area contributed by atoms with E-state index in [-0.39, 0.29) is 11.1 Å². The van der Waals surface area contributed by atoms with E-state index >= 15 is 0 Å². The van der Waals surface area contributed by atoms with Crippen LogP contribution in [0.1, 0.15) is 77.3 Å². The maximum atomic E-state index is 12.7. The first-order valence-electron chi connectivity index (χ1n) is 15.0. The van der Waals surface area contributed by atoms with Gasteiger partial charge in [-0.15, -0.1) is 0 Å². The summed E-state index contributed by atoms with van der Waals surface area (Å²) >= 11 is 0. The molecule has 2 amide bonds. The predicted octanol–water partition coefficient (Wildman–Crippen LogP) is 6.25. The first-order chi connectivity index (χ1) is 21.3. The molecule has 11 nitrogen and oxygen atoms in total. The Morgan fingerprint density at radius 2 is 1.86 bits per heavy atom. The Labute approximate surface area is 254 Å². The van der Waals surface area contributed by atoms with Crippen LogP contribution in [0.5, 0.6) is 11.5 Å². The number of aromatic amines is 1. The zero-order valence-corrected chi connectivity index (χ0v) is 24.9. The predicted molar refractivity (Wildman–Crippen MR) is 172 cm³/mol. The average Bonchev–Trinajstić information content (AvgIpc) is 3.48. The smallest absolute Gasteiger partial charge is 0.249 e. The summed E-state index contributed by atoms with van der Waals surface area (Å²) in [5, 5.41) is 8.03. The van der Waals surface area contributed by atoms with Crippen molar-refractivity contribution in [3.63, 3.8) is 0 Å². The number of H-pyrrole nitrogens is 1. The second-order valence-electron chi connectivity index (χ2n) is 11.3. The number of ether oxygens (including phenoxy) is 1. The van der Waals surface area contributed by atoms with Gasteiger partial charge >= 0.3 is 0 Å². The third kappa shape index (κ3) is 5.72.